The Bertz CT molecular complexity index is 547. The standard InChI is InChI=1S/C14H19N3O4.ClH/c1-9(11-3-2-6-15-8-11)16-14(19)10-4-5-12(17(20)21)13(18)7-10;/h4-5,7,9,11,15,18H,2-3,6,8H2,1H3,(H,16,19);1H. The summed E-state index contributed by atoms with van der Waals surface area (Å²) in [7, 11) is 0. The van der Waals surface area contributed by atoms with Gasteiger partial charge in [-0.2, -0.15) is 0 Å². The molecule has 8 heteroatoms. The first-order valence-electron chi connectivity index (χ1n) is 6.98. The monoisotopic (exact) mass is 329 g/mol. The Morgan fingerprint density at radius 1 is 1.55 bits per heavy atom. The van der Waals surface area contributed by atoms with Crippen LogP contribution in [-0.4, -0.2) is 35.1 Å². The molecule has 1 aromatic carbocycles. The third-order valence-electron chi connectivity index (χ3n) is 3.84. The van der Waals surface area contributed by atoms with Gasteiger partial charge in [0.05, 0.1) is 4.92 Å². The van der Waals surface area contributed by atoms with Gasteiger partial charge < -0.3 is 15.7 Å². The number of amides is 1. The Balaban J connectivity index is 0.00000242. The summed E-state index contributed by atoms with van der Waals surface area (Å²) < 4.78 is 0. The van der Waals surface area contributed by atoms with Gasteiger partial charge in [0.25, 0.3) is 5.91 Å². The lowest BCUT2D eigenvalue weighted by Gasteiger charge is -2.28. The summed E-state index contributed by atoms with van der Waals surface area (Å²) in [4.78, 5) is 22.1. The summed E-state index contributed by atoms with van der Waals surface area (Å²) in [5, 5.41) is 26.4. The summed E-state index contributed by atoms with van der Waals surface area (Å²) >= 11 is 0. The molecule has 3 N–H and O–H groups in total. The number of piperidine rings is 1. The van der Waals surface area contributed by atoms with Crippen molar-refractivity contribution in [1.29, 1.82) is 0 Å². The molecule has 1 fully saturated rings. The van der Waals surface area contributed by atoms with Gasteiger partial charge >= 0.3 is 5.69 Å². The van der Waals surface area contributed by atoms with Crippen LogP contribution in [-0.2, 0) is 0 Å². The fraction of sp³-hybridized carbons (Fsp3) is 0.500. The number of benzene rings is 1. The highest BCUT2D eigenvalue weighted by atomic mass is 35.5. The molecule has 0 bridgehead atoms. The second kappa shape index (κ2) is 7.95. The summed E-state index contributed by atoms with van der Waals surface area (Å²) in [6.45, 7) is 3.82. The molecule has 1 aliphatic rings. The molecule has 0 aliphatic carbocycles. The number of hydrogen-bond donors (Lipinski definition) is 3. The molecule has 1 saturated heterocycles. The number of halogens is 1. The van der Waals surface area contributed by atoms with Gasteiger partial charge in [-0.3, -0.25) is 14.9 Å². The van der Waals surface area contributed by atoms with Crippen molar-refractivity contribution in [3.63, 3.8) is 0 Å². The smallest absolute Gasteiger partial charge is 0.310 e. The molecular weight excluding hydrogens is 310 g/mol. The van der Waals surface area contributed by atoms with Gasteiger partial charge in [0.2, 0.25) is 0 Å². The molecule has 0 aromatic heterocycles. The normalized spacial score (nSPS) is 18.9. The fourth-order valence-electron chi connectivity index (χ4n) is 2.53. The summed E-state index contributed by atoms with van der Waals surface area (Å²) in [6.07, 6.45) is 2.14. The number of nitro benzene ring substituents is 1. The van der Waals surface area contributed by atoms with E-state index < -0.39 is 16.4 Å². The van der Waals surface area contributed by atoms with Crippen molar-refractivity contribution in [2.45, 2.75) is 25.8 Å². The number of carbonyl (C=O) groups excluding carboxylic acids is 1. The first-order valence-corrected chi connectivity index (χ1v) is 6.98. The molecule has 2 rings (SSSR count). The zero-order valence-electron chi connectivity index (χ0n) is 12.2. The number of phenols is 1. The van der Waals surface area contributed by atoms with Crippen LogP contribution in [0.25, 0.3) is 0 Å². The van der Waals surface area contributed by atoms with Crippen LogP contribution < -0.4 is 10.6 Å². The molecule has 7 nitrogen and oxygen atoms in total. The molecule has 122 valence electrons. The molecule has 2 atom stereocenters. The van der Waals surface area contributed by atoms with Crippen LogP contribution in [0.15, 0.2) is 18.2 Å². The predicted molar refractivity (Wildman–Crippen MR) is 84.5 cm³/mol. The van der Waals surface area contributed by atoms with E-state index in [-0.39, 0.29) is 29.9 Å². The van der Waals surface area contributed by atoms with E-state index in [0.29, 0.717) is 5.92 Å². The second-order valence-corrected chi connectivity index (χ2v) is 5.33. The SMILES string of the molecule is CC(NC(=O)c1ccc([N+](=O)[O-])c(O)c1)C1CCCNC1.Cl. The minimum Gasteiger partial charge on any atom is -0.502 e. The summed E-state index contributed by atoms with van der Waals surface area (Å²) in [5.74, 6) is -0.466. The average Bonchev–Trinajstić information content (AvgIpc) is 2.47. The number of nitrogens with one attached hydrogen (secondary N) is 2. The number of phenolic OH excluding ortho intramolecular Hbond substituents is 1. The molecule has 1 amide bonds. The van der Waals surface area contributed by atoms with Crippen molar-refractivity contribution in [3.05, 3.63) is 33.9 Å². The molecule has 0 spiro atoms. The number of aromatic hydroxyl groups is 1. The minimum atomic E-state index is -0.687. The van der Waals surface area contributed by atoms with Crippen LogP contribution in [0, 0.1) is 16.0 Å². The second-order valence-electron chi connectivity index (χ2n) is 5.33. The van der Waals surface area contributed by atoms with Crippen molar-refractivity contribution in [3.8, 4) is 5.75 Å². The topological polar surface area (TPSA) is 104 Å². The van der Waals surface area contributed by atoms with E-state index in [9.17, 15) is 20.0 Å². The lowest BCUT2D eigenvalue weighted by atomic mass is 9.92. The van der Waals surface area contributed by atoms with Gasteiger partial charge in [-0.05, 0) is 50.9 Å². The third-order valence-corrected chi connectivity index (χ3v) is 3.84. The Morgan fingerprint density at radius 3 is 2.82 bits per heavy atom. The lowest BCUT2D eigenvalue weighted by molar-refractivity contribution is -0.385. The van der Waals surface area contributed by atoms with Crippen LogP contribution in [0.2, 0.25) is 0 Å². The number of nitrogens with zero attached hydrogens (tertiary/aromatic N) is 1. The fourth-order valence-corrected chi connectivity index (χ4v) is 2.53. The first kappa shape index (κ1) is 18.2. The van der Waals surface area contributed by atoms with Crippen LogP contribution in [0.4, 0.5) is 5.69 Å². The zero-order valence-corrected chi connectivity index (χ0v) is 13.1. The molecule has 0 saturated carbocycles. The maximum Gasteiger partial charge on any atom is 0.310 e. The van der Waals surface area contributed by atoms with Crippen LogP contribution in [0.5, 0.6) is 5.75 Å². The Labute approximate surface area is 134 Å². The molecule has 22 heavy (non-hydrogen) atoms. The van der Waals surface area contributed by atoms with Crippen molar-refractivity contribution in [1.82, 2.24) is 10.6 Å². The van der Waals surface area contributed by atoms with Gasteiger partial charge in [-0.25, -0.2) is 0 Å². The lowest BCUT2D eigenvalue weighted by Crippen LogP contribution is -2.44. The summed E-state index contributed by atoms with van der Waals surface area (Å²) in [5.41, 5.74) is -0.190. The molecule has 1 aromatic rings. The molecule has 1 aliphatic heterocycles. The van der Waals surface area contributed by atoms with Crippen LogP contribution in [0.3, 0.4) is 0 Å². The quantitative estimate of drug-likeness (QED) is 0.577. The molecule has 2 unspecified atom stereocenters. The highest BCUT2D eigenvalue weighted by Crippen LogP contribution is 2.26. The van der Waals surface area contributed by atoms with E-state index in [2.05, 4.69) is 10.6 Å². The Hall–Kier alpha value is -1.86. The molecular formula is C14H20ClN3O4. The van der Waals surface area contributed by atoms with Crippen molar-refractivity contribution in [2.75, 3.05) is 13.1 Å². The predicted octanol–water partition coefficient (Wildman–Crippen LogP) is 1.84. The van der Waals surface area contributed by atoms with E-state index >= 15 is 0 Å². The third kappa shape index (κ3) is 4.32. The van der Waals surface area contributed by atoms with E-state index in [1.54, 1.807) is 0 Å². The number of nitro groups is 1. The minimum absolute atomic E-state index is 0. The van der Waals surface area contributed by atoms with Crippen molar-refractivity contribution in [2.24, 2.45) is 5.92 Å². The van der Waals surface area contributed by atoms with E-state index in [0.717, 1.165) is 38.1 Å². The molecule has 0 radical (unpaired) electrons. The maximum atomic E-state index is 12.1. The van der Waals surface area contributed by atoms with Crippen molar-refractivity contribution < 1.29 is 14.8 Å². The van der Waals surface area contributed by atoms with Gasteiger partial charge in [-0.15, -0.1) is 12.4 Å². The Morgan fingerprint density at radius 2 is 2.27 bits per heavy atom. The first-order chi connectivity index (χ1) is 9.99. The highest BCUT2D eigenvalue weighted by Gasteiger charge is 2.22. The molecule has 1 heterocycles. The Kier molecular flexibility index (Phi) is 6.58. The largest absolute Gasteiger partial charge is 0.502 e. The van der Waals surface area contributed by atoms with Gasteiger partial charge in [0.1, 0.15) is 0 Å². The van der Waals surface area contributed by atoms with Gasteiger partial charge in [-0.1, -0.05) is 0 Å². The van der Waals surface area contributed by atoms with Crippen LogP contribution >= 0.6 is 12.4 Å². The zero-order chi connectivity index (χ0) is 15.4. The van der Waals surface area contributed by atoms with Gasteiger partial charge in [0, 0.05) is 17.7 Å². The van der Waals surface area contributed by atoms with Crippen molar-refractivity contribution >= 4 is 24.0 Å². The van der Waals surface area contributed by atoms with Crippen LogP contribution in [0.1, 0.15) is 30.1 Å². The number of hydrogen-bond acceptors (Lipinski definition) is 5. The van der Waals surface area contributed by atoms with E-state index in [4.69, 9.17) is 0 Å². The number of rotatable bonds is 4. The highest BCUT2D eigenvalue weighted by molar-refractivity contribution is 5.95. The van der Waals surface area contributed by atoms with E-state index in [1.165, 1.54) is 6.07 Å². The van der Waals surface area contributed by atoms with Gasteiger partial charge in [0.15, 0.2) is 5.75 Å². The average molecular weight is 330 g/mol. The summed E-state index contributed by atoms with van der Waals surface area (Å²) in [6, 6.07) is 3.61. The maximum absolute atomic E-state index is 12.1. The number of carbonyl (C=O) groups is 1. The van der Waals surface area contributed by atoms with E-state index in [1.807, 2.05) is 6.92 Å².